The van der Waals surface area contributed by atoms with Crippen molar-refractivity contribution < 1.29 is 9.53 Å². The molecule has 0 aliphatic carbocycles. The number of Topliss-reactive ketones (excluding diaryl/α,β-unsaturated/α-hetero) is 1. The minimum Gasteiger partial charge on any atom is -0.398 e. The van der Waals surface area contributed by atoms with Crippen molar-refractivity contribution in [3.05, 3.63) is 23.8 Å². The van der Waals surface area contributed by atoms with E-state index in [1.807, 2.05) is 6.07 Å². The molecule has 0 bridgehead atoms. The van der Waals surface area contributed by atoms with Crippen molar-refractivity contribution >= 4 is 17.2 Å². The molecule has 0 heterocycles. The van der Waals surface area contributed by atoms with Crippen LogP contribution in [0.3, 0.4) is 0 Å². The van der Waals surface area contributed by atoms with Crippen LogP contribution >= 0.6 is 0 Å². The first-order valence-electron chi connectivity index (χ1n) is 4.78. The number of nitrogens with two attached hydrogens (primary N) is 1. The molecule has 0 aliphatic heterocycles. The average molecular weight is 208 g/mol. The van der Waals surface area contributed by atoms with Crippen LogP contribution in [0.5, 0.6) is 0 Å². The third kappa shape index (κ3) is 3.25. The molecule has 0 aromatic heterocycles. The van der Waals surface area contributed by atoms with E-state index in [0.29, 0.717) is 17.9 Å². The molecule has 1 aromatic rings. The SMILES string of the molecule is COCCNc1ccc(C(C)=O)c(N)c1. The second-order valence-electron chi connectivity index (χ2n) is 3.28. The lowest BCUT2D eigenvalue weighted by molar-refractivity contribution is 0.101. The van der Waals surface area contributed by atoms with E-state index in [1.165, 1.54) is 6.92 Å². The first-order chi connectivity index (χ1) is 7.15. The Kier molecular flexibility index (Phi) is 4.12. The summed E-state index contributed by atoms with van der Waals surface area (Å²) in [6.45, 7) is 2.85. The minimum atomic E-state index is -0.0176. The van der Waals surface area contributed by atoms with Gasteiger partial charge in [0.25, 0.3) is 0 Å². The molecule has 0 amide bonds. The molecule has 0 aliphatic rings. The maximum atomic E-state index is 11.1. The summed E-state index contributed by atoms with van der Waals surface area (Å²) >= 11 is 0. The fraction of sp³-hybridized carbons (Fsp3) is 0.364. The molecule has 0 atom stereocenters. The van der Waals surface area contributed by atoms with Gasteiger partial charge in [-0.15, -0.1) is 0 Å². The number of ketones is 1. The van der Waals surface area contributed by atoms with E-state index in [0.717, 1.165) is 12.2 Å². The van der Waals surface area contributed by atoms with Crippen molar-refractivity contribution in [3.8, 4) is 0 Å². The number of hydrogen-bond donors (Lipinski definition) is 2. The zero-order valence-corrected chi connectivity index (χ0v) is 9.04. The van der Waals surface area contributed by atoms with Crippen LogP contribution < -0.4 is 11.1 Å². The fourth-order valence-corrected chi connectivity index (χ4v) is 1.29. The lowest BCUT2D eigenvalue weighted by atomic mass is 10.1. The number of hydrogen-bond acceptors (Lipinski definition) is 4. The third-order valence-corrected chi connectivity index (χ3v) is 2.07. The van der Waals surface area contributed by atoms with Gasteiger partial charge in [0, 0.05) is 30.6 Å². The van der Waals surface area contributed by atoms with Gasteiger partial charge in [-0.25, -0.2) is 0 Å². The van der Waals surface area contributed by atoms with E-state index in [4.69, 9.17) is 10.5 Å². The van der Waals surface area contributed by atoms with Crippen molar-refractivity contribution in [2.45, 2.75) is 6.92 Å². The average Bonchev–Trinajstić information content (AvgIpc) is 2.17. The van der Waals surface area contributed by atoms with Gasteiger partial charge in [-0.2, -0.15) is 0 Å². The highest BCUT2D eigenvalue weighted by atomic mass is 16.5. The predicted molar refractivity (Wildman–Crippen MR) is 61.2 cm³/mol. The summed E-state index contributed by atoms with van der Waals surface area (Å²) in [5, 5.41) is 3.14. The van der Waals surface area contributed by atoms with Gasteiger partial charge >= 0.3 is 0 Å². The molecular formula is C11H16N2O2. The molecule has 82 valence electrons. The summed E-state index contributed by atoms with van der Waals surface area (Å²) < 4.78 is 4.91. The quantitative estimate of drug-likeness (QED) is 0.437. The molecule has 0 spiro atoms. The largest absolute Gasteiger partial charge is 0.398 e. The summed E-state index contributed by atoms with van der Waals surface area (Å²) in [5.41, 5.74) is 7.70. The standard InChI is InChI=1S/C11H16N2O2/c1-8(14)10-4-3-9(7-11(10)12)13-5-6-15-2/h3-4,7,13H,5-6,12H2,1-2H3. The van der Waals surface area contributed by atoms with Crippen molar-refractivity contribution in [2.24, 2.45) is 0 Å². The Morgan fingerprint density at radius 1 is 1.53 bits per heavy atom. The van der Waals surface area contributed by atoms with Gasteiger partial charge in [-0.1, -0.05) is 0 Å². The van der Waals surface area contributed by atoms with Crippen LogP contribution in [0, 0.1) is 0 Å². The first-order valence-corrected chi connectivity index (χ1v) is 4.78. The van der Waals surface area contributed by atoms with E-state index in [1.54, 1.807) is 19.2 Å². The fourth-order valence-electron chi connectivity index (χ4n) is 1.29. The number of ether oxygens (including phenoxy) is 1. The van der Waals surface area contributed by atoms with Crippen molar-refractivity contribution in [1.29, 1.82) is 0 Å². The molecule has 1 rings (SSSR count). The van der Waals surface area contributed by atoms with Crippen LogP contribution in [0.2, 0.25) is 0 Å². The third-order valence-electron chi connectivity index (χ3n) is 2.07. The van der Waals surface area contributed by atoms with Crippen LogP contribution in [-0.2, 0) is 4.74 Å². The van der Waals surface area contributed by atoms with Crippen molar-refractivity contribution in [2.75, 3.05) is 31.3 Å². The number of nitrogens with one attached hydrogen (secondary N) is 1. The van der Waals surface area contributed by atoms with E-state index in [9.17, 15) is 4.79 Å². The monoisotopic (exact) mass is 208 g/mol. The van der Waals surface area contributed by atoms with E-state index >= 15 is 0 Å². The van der Waals surface area contributed by atoms with Gasteiger partial charge in [-0.3, -0.25) is 4.79 Å². The van der Waals surface area contributed by atoms with E-state index in [2.05, 4.69) is 5.32 Å². The Bertz CT molecular complexity index is 350. The molecular weight excluding hydrogens is 192 g/mol. The van der Waals surface area contributed by atoms with Crippen LogP contribution in [0.15, 0.2) is 18.2 Å². The summed E-state index contributed by atoms with van der Waals surface area (Å²) in [6.07, 6.45) is 0. The highest BCUT2D eigenvalue weighted by molar-refractivity contribution is 5.99. The van der Waals surface area contributed by atoms with Crippen LogP contribution in [-0.4, -0.2) is 26.0 Å². The number of anilines is 2. The number of carbonyl (C=O) groups is 1. The second kappa shape index (κ2) is 5.36. The van der Waals surface area contributed by atoms with Gasteiger partial charge in [-0.05, 0) is 25.1 Å². The number of methoxy groups -OCH3 is 1. The topological polar surface area (TPSA) is 64.3 Å². The maximum Gasteiger partial charge on any atom is 0.161 e. The number of carbonyl (C=O) groups excluding carboxylic acids is 1. The molecule has 3 N–H and O–H groups in total. The molecule has 0 saturated carbocycles. The molecule has 0 unspecified atom stereocenters. The Labute approximate surface area is 89.4 Å². The number of nitrogen functional groups attached to an aromatic ring is 1. The minimum absolute atomic E-state index is 0.0176. The molecule has 15 heavy (non-hydrogen) atoms. The molecule has 0 fully saturated rings. The molecule has 4 nitrogen and oxygen atoms in total. The van der Waals surface area contributed by atoms with Crippen molar-refractivity contribution in [1.82, 2.24) is 0 Å². The van der Waals surface area contributed by atoms with Gasteiger partial charge in [0.1, 0.15) is 0 Å². The highest BCUT2D eigenvalue weighted by Crippen LogP contribution is 2.18. The molecule has 4 heteroatoms. The van der Waals surface area contributed by atoms with Gasteiger partial charge in [0.05, 0.1) is 6.61 Å². The highest BCUT2D eigenvalue weighted by Gasteiger charge is 2.04. The van der Waals surface area contributed by atoms with E-state index in [-0.39, 0.29) is 5.78 Å². The van der Waals surface area contributed by atoms with Crippen LogP contribution in [0.25, 0.3) is 0 Å². The van der Waals surface area contributed by atoms with Gasteiger partial charge < -0.3 is 15.8 Å². The summed E-state index contributed by atoms with van der Waals surface area (Å²) in [6, 6.07) is 5.32. The summed E-state index contributed by atoms with van der Waals surface area (Å²) in [7, 11) is 1.65. The summed E-state index contributed by atoms with van der Waals surface area (Å²) in [4.78, 5) is 11.1. The second-order valence-corrected chi connectivity index (χ2v) is 3.28. The van der Waals surface area contributed by atoms with Gasteiger partial charge in [0.2, 0.25) is 0 Å². The normalized spacial score (nSPS) is 10.0. The molecule has 0 saturated heterocycles. The Morgan fingerprint density at radius 2 is 2.27 bits per heavy atom. The smallest absolute Gasteiger partial charge is 0.161 e. The Balaban J connectivity index is 2.69. The van der Waals surface area contributed by atoms with E-state index < -0.39 is 0 Å². The van der Waals surface area contributed by atoms with Gasteiger partial charge in [0.15, 0.2) is 5.78 Å². The molecule has 1 aromatic carbocycles. The van der Waals surface area contributed by atoms with Crippen molar-refractivity contribution in [3.63, 3.8) is 0 Å². The Morgan fingerprint density at radius 3 is 2.80 bits per heavy atom. The zero-order chi connectivity index (χ0) is 11.3. The first kappa shape index (κ1) is 11.5. The lowest BCUT2D eigenvalue weighted by Gasteiger charge is -2.08. The lowest BCUT2D eigenvalue weighted by Crippen LogP contribution is -2.08. The predicted octanol–water partition coefficient (Wildman–Crippen LogP) is 1.53. The summed E-state index contributed by atoms with van der Waals surface area (Å²) in [5.74, 6) is -0.0176. The number of benzene rings is 1. The zero-order valence-electron chi connectivity index (χ0n) is 9.04. The van der Waals surface area contributed by atoms with Crippen LogP contribution in [0.1, 0.15) is 17.3 Å². The molecule has 0 radical (unpaired) electrons. The van der Waals surface area contributed by atoms with Crippen LogP contribution in [0.4, 0.5) is 11.4 Å². The Hall–Kier alpha value is -1.55. The maximum absolute atomic E-state index is 11.1. The number of rotatable bonds is 5.